The molecule has 0 unspecified atom stereocenters. The van der Waals surface area contributed by atoms with Gasteiger partial charge in [0.1, 0.15) is 0 Å². The molecule has 5 aromatic carbocycles. The number of amides is 4. The Bertz CT molecular complexity index is 2260. The number of imide groups is 2. The highest BCUT2D eigenvalue weighted by atomic mass is 16.7. The van der Waals surface area contributed by atoms with Gasteiger partial charge in [-0.2, -0.15) is 0 Å². The summed E-state index contributed by atoms with van der Waals surface area (Å²) in [4.78, 5) is 59.9. The summed E-state index contributed by atoms with van der Waals surface area (Å²) in [5, 5.41) is 6.25. The lowest BCUT2D eigenvalue weighted by Gasteiger charge is -2.35. The molecule has 0 saturated carbocycles. The topological polar surface area (TPSA) is 93.2 Å². The SMILES string of the molecule is CCC(CC)N1C(=O)c2ccc3c4ccc5c6c(c(B7OC(C)(C)C(C)(C)O7)cc(c7ccc(c2c37)C1=O)c64)C(=O)N(C(CC)CC)C5=O. The van der Waals surface area contributed by atoms with Gasteiger partial charge >= 0.3 is 7.12 Å². The number of hydrogen-bond donors (Lipinski definition) is 0. The van der Waals surface area contributed by atoms with Gasteiger partial charge in [0, 0.05) is 45.1 Å². The number of nitrogens with zero attached hydrogens (tertiary/aromatic N) is 2. The van der Waals surface area contributed by atoms with Crippen molar-refractivity contribution >= 4 is 79.3 Å². The van der Waals surface area contributed by atoms with Crippen LogP contribution in [0.3, 0.4) is 0 Å². The molecular formula is C40H41BN2O6. The Kier molecular flexibility index (Phi) is 6.89. The zero-order valence-corrected chi connectivity index (χ0v) is 29.4. The van der Waals surface area contributed by atoms with Crippen molar-refractivity contribution in [1.29, 1.82) is 0 Å². The van der Waals surface area contributed by atoms with Crippen LogP contribution >= 0.6 is 0 Å². The molecule has 9 heteroatoms. The molecule has 0 atom stereocenters. The summed E-state index contributed by atoms with van der Waals surface area (Å²) >= 11 is 0. The van der Waals surface area contributed by atoms with Gasteiger partial charge in [0.05, 0.1) is 11.2 Å². The number of carbonyl (C=O) groups is 4. The van der Waals surface area contributed by atoms with E-state index in [-0.39, 0.29) is 35.7 Å². The number of fused-ring (bicyclic) bond motifs is 2. The van der Waals surface area contributed by atoms with E-state index in [1.54, 1.807) is 0 Å². The second-order valence-corrected chi connectivity index (χ2v) is 14.9. The van der Waals surface area contributed by atoms with Gasteiger partial charge in [0.15, 0.2) is 0 Å². The first-order valence-electron chi connectivity index (χ1n) is 17.7. The van der Waals surface area contributed by atoms with Gasteiger partial charge in [-0.25, -0.2) is 0 Å². The summed E-state index contributed by atoms with van der Waals surface area (Å²) in [7, 11) is -0.865. The van der Waals surface area contributed by atoms with Crippen LogP contribution in [0.4, 0.5) is 0 Å². The van der Waals surface area contributed by atoms with Gasteiger partial charge < -0.3 is 9.31 Å². The van der Waals surface area contributed by atoms with Gasteiger partial charge in [-0.15, -0.1) is 0 Å². The van der Waals surface area contributed by atoms with E-state index in [4.69, 9.17) is 9.31 Å². The molecule has 1 fully saturated rings. The highest BCUT2D eigenvalue weighted by Crippen LogP contribution is 2.47. The van der Waals surface area contributed by atoms with Crippen molar-refractivity contribution < 1.29 is 28.5 Å². The monoisotopic (exact) mass is 656 g/mol. The molecule has 4 amide bonds. The second kappa shape index (κ2) is 10.6. The first kappa shape index (κ1) is 31.9. The maximum Gasteiger partial charge on any atom is 0.495 e. The van der Waals surface area contributed by atoms with Crippen molar-refractivity contribution in [3.05, 3.63) is 64.7 Å². The molecule has 0 aromatic heterocycles. The van der Waals surface area contributed by atoms with Crippen molar-refractivity contribution in [3.8, 4) is 0 Å². The number of benzene rings is 5. The molecule has 8 nitrogen and oxygen atoms in total. The zero-order valence-electron chi connectivity index (χ0n) is 29.4. The van der Waals surface area contributed by atoms with E-state index >= 15 is 0 Å². The van der Waals surface area contributed by atoms with Crippen molar-refractivity contribution in [1.82, 2.24) is 9.80 Å². The third-order valence-electron chi connectivity index (χ3n) is 12.0. The Morgan fingerprint density at radius 2 is 0.939 bits per heavy atom. The van der Waals surface area contributed by atoms with Crippen molar-refractivity contribution in [2.24, 2.45) is 0 Å². The van der Waals surface area contributed by atoms with E-state index in [1.165, 1.54) is 9.80 Å². The maximum absolute atomic E-state index is 14.7. The number of rotatable bonds is 7. The van der Waals surface area contributed by atoms with E-state index in [0.717, 1.165) is 32.3 Å². The highest BCUT2D eigenvalue weighted by Gasteiger charge is 2.54. The number of hydrogen-bond acceptors (Lipinski definition) is 6. The van der Waals surface area contributed by atoms with Gasteiger partial charge in [-0.3, -0.25) is 29.0 Å². The van der Waals surface area contributed by atoms with Gasteiger partial charge in [-0.05, 0) is 109 Å². The van der Waals surface area contributed by atoms with Crippen LogP contribution in [-0.2, 0) is 9.31 Å². The summed E-state index contributed by atoms with van der Waals surface area (Å²) in [6.45, 7) is 15.9. The van der Waals surface area contributed by atoms with Gasteiger partial charge in [0.2, 0.25) is 0 Å². The third kappa shape index (κ3) is 4.00. The molecule has 0 radical (unpaired) electrons. The first-order valence-corrected chi connectivity index (χ1v) is 17.7. The standard InChI is InChI=1S/C40H41BN2O6/c1-9-20(10-2)42-35(44)25-16-13-22-23-14-18-27-33-31(23)28(24-15-17-26(36(42)45)32(25)30(22)24)19-29(41-48-39(5,6)40(7,8)49-41)34(33)38(47)43(37(27)46)21(11-3)12-4/h13-21H,9-12H2,1-8H3. The molecule has 250 valence electrons. The van der Waals surface area contributed by atoms with E-state index in [0.29, 0.717) is 64.2 Å². The predicted octanol–water partition coefficient (Wildman–Crippen LogP) is 7.61. The molecule has 5 aromatic rings. The summed E-state index contributed by atoms with van der Waals surface area (Å²) in [6.07, 6.45) is 2.63. The van der Waals surface area contributed by atoms with Gasteiger partial charge in [0.25, 0.3) is 23.6 Å². The Balaban J connectivity index is 1.50. The fourth-order valence-electron chi connectivity index (χ4n) is 8.55. The van der Waals surface area contributed by atoms with E-state index in [2.05, 4.69) is 0 Å². The predicted molar refractivity (Wildman–Crippen MR) is 193 cm³/mol. The van der Waals surface area contributed by atoms with Crippen LogP contribution in [-0.4, -0.2) is 63.8 Å². The van der Waals surface area contributed by atoms with Crippen LogP contribution in [0.1, 0.15) is 123 Å². The highest BCUT2D eigenvalue weighted by molar-refractivity contribution is 6.65. The van der Waals surface area contributed by atoms with Crippen molar-refractivity contribution in [3.63, 3.8) is 0 Å². The van der Waals surface area contributed by atoms with Crippen LogP contribution < -0.4 is 5.46 Å². The zero-order chi connectivity index (χ0) is 34.9. The summed E-state index contributed by atoms with van der Waals surface area (Å²) in [5.41, 5.74) is 1.16. The minimum absolute atomic E-state index is 0.190. The molecule has 8 rings (SSSR count). The number of carbonyl (C=O) groups excluding carboxylic acids is 4. The molecule has 0 aliphatic carbocycles. The minimum Gasteiger partial charge on any atom is -0.399 e. The maximum atomic E-state index is 14.7. The summed E-state index contributed by atoms with van der Waals surface area (Å²) in [6, 6.07) is 12.9. The fourth-order valence-corrected chi connectivity index (χ4v) is 8.55. The molecule has 0 spiro atoms. The molecule has 49 heavy (non-hydrogen) atoms. The lowest BCUT2D eigenvalue weighted by Crippen LogP contribution is -2.50. The van der Waals surface area contributed by atoms with Crippen LogP contribution in [0, 0.1) is 0 Å². The Morgan fingerprint density at radius 3 is 1.39 bits per heavy atom. The molecule has 1 saturated heterocycles. The molecular weight excluding hydrogens is 615 g/mol. The van der Waals surface area contributed by atoms with Crippen LogP contribution in [0.2, 0.25) is 0 Å². The Hall–Kier alpha value is -4.34. The average Bonchev–Trinajstić information content (AvgIpc) is 3.30. The van der Waals surface area contributed by atoms with E-state index in [1.807, 2.05) is 97.9 Å². The fraction of sp³-hybridized carbons (Fsp3) is 0.400. The van der Waals surface area contributed by atoms with E-state index in [9.17, 15) is 19.2 Å². The summed E-state index contributed by atoms with van der Waals surface area (Å²) in [5.74, 6) is -1.19. The normalized spacial score (nSPS) is 18.7. The van der Waals surface area contributed by atoms with Crippen molar-refractivity contribution in [2.75, 3.05) is 0 Å². The molecule has 3 aliphatic rings. The third-order valence-corrected chi connectivity index (χ3v) is 12.0. The quantitative estimate of drug-likeness (QED) is 0.0775. The molecule has 3 aliphatic heterocycles. The lowest BCUT2D eigenvalue weighted by molar-refractivity contribution is 0.00578. The molecule has 0 bridgehead atoms. The first-order chi connectivity index (χ1) is 23.3. The Labute approximate surface area is 286 Å². The van der Waals surface area contributed by atoms with Crippen LogP contribution in [0.5, 0.6) is 0 Å². The van der Waals surface area contributed by atoms with Crippen LogP contribution in [0.25, 0.3) is 43.1 Å². The average molecular weight is 657 g/mol. The van der Waals surface area contributed by atoms with Crippen molar-refractivity contribution in [2.45, 2.75) is 104 Å². The second-order valence-electron chi connectivity index (χ2n) is 14.9. The Morgan fingerprint density at radius 1 is 0.551 bits per heavy atom. The van der Waals surface area contributed by atoms with Crippen LogP contribution in [0.15, 0.2) is 42.5 Å². The minimum atomic E-state index is -0.865. The largest absolute Gasteiger partial charge is 0.495 e. The smallest absolute Gasteiger partial charge is 0.399 e. The molecule has 0 N–H and O–H groups in total. The molecule has 3 heterocycles. The van der Waals surface area contributed by atoms with Gasteiger partial charge in [-0.1, -0.05) is 52.0 Å². The van der Waals surface area contributed by atoms with E-state index < -0.39 is 18.3 Å². The summed E-state index contributed by atoms with van der Waals surface area (Å²) < 4.78 is 13.2. The lowest BCUT2D eigenvalue weighted by atomic mass is 9.70.